The number of carbonyl (C=O) groups is 2. The lowest BCUT2D eigenvalue weighted by Gasteiger charge is -2.17. The summed E-state index contributed by atoms with van der Waals surface area (Å²) in [6, 6.07) is 4.40. The van der Waals surface area contributed by atoms with E-state index in [2.05, 4.69) is 15.3 Å². The molecule has 0 radical (unpaired) electrons. The first kappa shape index (κ1) is 12.2. The minimum absolute atomic E-state index is 0.121. The van der Waals surface area contributed by atoms with Crippen LogP contribution in [0.15, 0.2) is 28.2 Å². The normalized spacial score (nSPS) is 20.7. The minimum Gasteiger partial charge on any atom is -0.480 e. The predicted octanol–water partition coefficient (Wildman–Crippen LogP) is -1.01. The van der Waals surface area contributed by atoms with Gasteiger partial charge < -0.3 is 10.2 Å². The van der Waals surface area contributed by atoms with E-state index < -0.39 is 17.7 Å². The molecule has 0 aliphatic carbocycles. The van der Waals surface area contributed by atoms with Crippen molar-refractivity contribution in [1.82, 2.24) is 5.32 Å². The highest BCUT2D eigenvalue weighted by molar-refractivity contribution is 5.87. The zero-order valence-electron chi connectivity index (χ0n) is 9.54. The van der Waals surface area contributed by atoms with Crippen LogP contribution in [0.5, 0.6) is 0 Å². The number of aliphatic carboxylic acids is 1. The summed E-state index contributed by atoms with van der Waals surface area (Å²) in [5, 5.41) is 21.1. The van der Waals surface area contributed by atoms with Gasteiger partial charge in [0.15, 0.2) is 0 Å². The maximum Gasteiger partial charge on any atom is 0.335 e. The Morgan fingerprint density at radius 2 is 1.94 bits per heavy atom. The van der Waals surface area contributed by atoms with Crippen molar-refractivity contribution in [2.24, 2.45) is 9.98 Å². The van der Waals surface area contributed by atoms with Crippen molar-refractivity contribution in [3.8, 4) is 0 Å². The molecule has 1 aliphatic rings. The smallest absolute Gasteiger partial charge is 0.335 e. The number of fused-ring (bicyclic) bond motifs is 1. The number of aromatic carboxylic acids is 1. The monoisotopic (exact) mass is 249 g/mol. The second kappa shape index (κ2) is 4.19. The Kier molecular flexibility index (Phi) is 2.84. The summed E-state index contributed by atoms with van der Waals surface area (Å²) in [4.78, 5) is 29.7. The number of nitrogens with one attached hydrogen (secondary N) is 1. The Morgan fingerprint density at radius 1 is 1.28 bits per heavy atom. The van der Waals surface area contributed by atoms with E-state index in [4.69, 9.17) is 10.2 Å². The number of nitrogens with zero attached hydrogens (tertiary/aromatic N) is 2. The SMILES string of the molecule is CC1(NCC(=O)O)N=c2ccc(C(=O)O)cc2=N1. The number of benzene rings is 1. The van der Waals surface area contributed by atoms with E-state index in [0.29, 0.717) is 10.7 Å². The van der Waals surface area contributed by atoms with Crippen molar-refractivity contribution in [2.75, 3.05) is 6.54 Å². The van der Waals surface area contributed by atoms with Crippen LogP contribution in [0.3, 0.4) is 0 Å². The van der Waals surface area contributed by atoms with E-state index in [-0.39, 0.29) is 12.1 Å². The van der Waals surface area contributed by atoms with Crippen LogP contribution < -0.4 is 16.0 Å². The molecule has 0 aromatic heterocycles. The molecule has 1 aromatic carbocycles. The minimum atomic E-state index is -1.06. The summed E-state index contributed by atoms with van der Waals surface area (Å²) in [6.45, 7) is 1.35. The first-order valence-corrected chi connectivity index (χ1v) is 5.20. The predicted molar refractivity (Wildman–Crippen MR) is 59.8 cm³/mol. The summed E-state index contributed by atoms with van der Waals surface area (Å²) >= 11 is 0. The molecule has 0 amide bonds. The van der Waals surface area contributed by atoms with Gasteiger partial charge in [0.1, 0.15) is 0 Å². The topological polar surface area (TPSA) is 111 Å². The van der Waals surface area contributed by atoms with Crippen LogP contribution >= 0.6 is 0 Å². The van der Waals surface area contributed by atoms with Gasteiger partial charge in [0.25, 0.3) is 0 Å². The molecular formula is C11H11N3O4. The Hall–Kier alpha value is -2.28. The van der Waals surface area contributed by atoms with E-state index in [9.17, 15) is 9.59 Å². The molecule has 0 saturated carbocycles. The maximum absolute atomic E-state index is 10.8. The molecule has 1 aliphatic heterocycles. The zero-order valence-corrected chi connectivity index (χ0v) is 9.54. The van der Waals surface area contributed by atoms with Gasteiger partial charge >= 0.3 is 11.9 Å². The van der Waals surface area contributed by atoms with Crippen molar-refractivity contribution in [2.45, 2.75) is 12.7 Å². The summed E-state index contributed by atoms with van der Waals surface area (Å²) in [5.74, 6) is -3.11. The van der Waals surface area contributed by atoms with Gasteiger partial charge in [-0.25, -0.2) is 14.8 Å². The molecule has 7 heteroatoms. The fraction of sp³-hybridized carbons (Fsp3) is 0.273. The summed E-state index contributed by atoms with van der Waals surface area (Å²) in [7, 11) is 0. The van der Waals surface area contributed by atoms with E-state index in [1.807, 2.05) is 0 Å². The largest absolute Gasteiger partial charge is 0.480 e. The highest BCUT2D eigenvalue weighted by Gasteiger charge is 2.25. The lowest BCUT2D eigenvalue weighted by atomic mass is 10.2. The second-order valence-electron chi connectivity index (χ2n) is 4.00. The third-order valence-electron chi connectivity index (χ3n) is 2.47. The Morgan fingerprint density at radius 3 is 2.56 bits per heavy atom. The molecule has 2 rings (SSSR count). The van der Waals surface area contributed by atoms with Gasteiger partial charge in [-0.3, -0.25) is 10.1 Å². The maximum atomic E-state index is 10.8. The molecule has 0 fully saturated rings. The van der Waals surface area contributed by atoms with Gasteiger partial charge in [-0.15, -0.1) is 0 Å². The Balaban J connectivity index is 2.36. The van der Waals surface area contributed by atoms with Crippen molar-refractivity contribution >= 4 is 11.9 Å². The molecule has 1 aromatic rings. The molecule has 7 nitrogen and oxygen atoms in total. The summed E-state index contributed by atoms with van der Waals surface area (Å²) in [5.41, 5.74) is 0.121. The van der Waals surface area contributed by atoms with Crippen LogP contribution in [0.4, 0.5) is 0 Å². The first-order valence-electron chi connectivity index (χ1n) is 5.20. The van der Waals surface area contributed by atoms with Crippen molar-refractivity contribution in [3.63, 3.8) is 0 Å². The molecule has 0 saturated heterocycles. The number of hydrogen-bond acceptors (Lipinski definition) is 5. The van der Waals surface area contributed by atoms with Gasteiger partial charge in [0.2, 0.25) is 5.79 Å². The second-order valence-corrected chi connectivity index (χ2v) is 4.00. The highest BCUT2D eigenvalue weighted by Crippen LogP contribution is 2.08. The molecule has 1 atom stereocenters. The van der Waals surface area contributed by atoms with Crippen LogP contribution in [0.25, 0.3) is 0 Å². The molecule has 1 unspecified atom stereocenters. The Bertz CT molecular complexity index is 640. The lowest BCUT2D eigenvalue weighted by molar-refractivity contribution is -0.136. The molecule has 0 bridgehead atoms. The quantitative estimate of drug-likeness (QED) is 0.632. The molecule has 94 valence electrons. The third kappa shape index (κ3) is 2.35. The van der Waals surface area contributed by atoms with E-state index in [1.165, 1.54) is 12.1 Å². The van der Waals surface area contributed by atoms with Crippen molar-refractivity contribution in [3.05, 3.63) is 34.5 Å². The van der Waals surface area contributed by atoms with Crippen LogP contribution in [-0.2, 0) is 4.79 Å². The summed E-state index contributed by atoms with van der Waals surface area (Å²) in [6.07, 6.45) is 0. The van der Waals surface area contributed by atoms with Gasteiger partial charge in [-0.1, -0.05) is 0 Å². The molecule has 18 heavy (non-hydrogen) atoms. The van der Waals surface area contributed by atoms with Crippen LogP contribution in [0, 0.1) is 0 Å². The first-order chi connectivity index (χ1) is 8.39. The lowest BCUT2D eigenvalue weighted by Crippen LogP contribution is -2.41. The van der Waals surface area contributed by atoms with Crippen molar-refractivity contribution in [1.29, 1.82) is 0 Å². The van der Waals surface area contributed by atoms with E-state index in [1.54, 1.807) is 13.0 Å². The number of rotatable bonds is 4. The average molecular weight is 249 g/mol. The molecule has 1 heterocycles. The third-order valence-corrected chi connectivity index (χ3v) is 2.47. The van der Waals surface area contributed by atoms with Gasteiger partial charge in [-0.05, 0) is 25.1 Å². The van der Waals surface area contributed by atoms with E-state index >= 15 is 0 Å². The van der Waals surface area contributed by atoms with Crippen LogP contribution in [-0.4, -0.2) is 34.5 Å². The van der Waals surface area contributed by atoms with E-state index in [0.717, 1.165) is 0 Å². The molecule has 3 N–H and O–H groups in total. The fourth-order valence-corrected chi connectivity index (χ4v) is 1.66. The fourth-order valence-electron chi connectivity index (χ4n) is 1.66. The number of carboxylic acids is 2. The standard InChI is InChI=1S/C11H11N3O4/c1-11(12-5-9(15)16)13-7-3-2-6(10(17)18)4-8(7)14-11/h2-4,12H,5H2,1H3,(H,15,16)(H,17,18). The highest BCUT2D eigenvalue weighted by atomic mass is 16.4. The summed E-state index contributed by atoms with van der Waals surface area (Å²) < 4.78 is 0. The number of hydrogen-bond donors (Lipinski definition) is 3. The van der Waals surface area contributed by atoms with Gasteiger partial charge in [-0.2, -0.15) is 0 Å². The molecule has 0 spiro atoms. The van der Waals surface area contributed by atoms with Crippen molar-refractivity contribution < 1.29 is 19.8 Å². The molecular weight excluding hydrogens is 238 g/mol. The van der Waals surface area contributed by atoms with Gasteiger partial charge in [0.05, 0.1) is 22.8 Å². The van der Waals surface area contributed by atoms with Crippen LogP contribution in [0.2, 0.25) is 0 Å². The van der Waals surface area contributed by atoms with Crippen LogP contribution in [0.1, 0.15) is 17.3 Å². The zero-order chi connectivity index (χ0) is 13.3. The Labute approximate surface area is 102 Å². The average Bonchev–Trinajstić information content (AvgIpc) is 2.62. The number of carboxylic acid groups (broad SMARTS) is 2. The van der Waals surface area contributed by atoms with Gasteiger partial charge in [0, 0.05) is 0 Å².